The molecule has 4 heteroatoms. The van der Waals surface area contributed by atoms with Crippen molar-refractivity contribution in [3.05, 3.63) is 17.5 Å². The monoisotopic (exact) mass is 250 g/mol. The summed E-state index contributed by atoms with van der Waals surface area (Å²) in [4.78, 5) is 10.8. The highest BCUT2D eigenvalue weighted by Crippen LogP contribution is 2.09. The number of aryl methyl sites for hydroxylation is 1. The summed E-state index contributed by atoms with van der Waals surface area (Å²) in [6.07, 6.45) is 1.59. The minimum Gasteiger partial charge on any atom is -0.282 e. The average Bonchev–Trinajstić information content (AvgIpc) is 2.14. The van der Waals surface area contributed by atoms with Crippen LogP contribution in [0.1, 0.15) is 16.1 Å². The smallest absolute Gasteiger partial charge is 0.225 e. The summed E-state index contributed by atoms with van der Waals surface area (Å²) in [5, 5.41) is 3.93. The number of carbonyl (C=O) groups is 1. The maximum Gasteiger partial charge on any atom is 0.225 e. The van der Waals surface area contributed by atoms with Crippen LogP contribution in [0.3, 0.4) is 0 Å². The summed E-state index contributed by atoms with van der Waals surface area (Å²) in [5.74, 6) is 0. The zero-order valence-electron chi connectivity index (χ0n) is 5.76. The lowest BCUT2D eigenvalue weighted by atomic mass is 10.3. The normalized spacial score (nSPS) is 9.90. The summed E-state index contributed by atoms with van der Waals surface area (Å²) in [7, 11) is 1.82. The van der Waals surface area contributed by atoms with Crippen molar-refractivity contribution in [2.45, 2.75) is 6.92 Å². The molecule has 0 aliphatic carbocycles. The van der Waals surface area contributed by atoms with Gasteiger partial charge in [-0.25, -0.2) is 0 Å². The second-order valence-electron chi connectivity index (χ2n) is 2.04. The maximum absolute atomic E-state index is 10.8. The van der Waals surface area contributed by atoms with Gasteiger partial charge >= 0.3 is 0 Å². The Labute approximate surface area is 72.6 Å². The number of nitrogens with zero attached hydrogens (tertiary/aromatic N) is 2. The summed E-state index contributed by atoms with van der Waals surface area (Å²) >= 11 is 1.76. The van der Waals surface area contributed by atoms with Crippen molar-refractivity contribution in [1.29, 1.82) is 0 Å². The molecule has 0 aromatic carbocycles. The molecule has 3 nitrogen and oxygen atoms in total. The van der Waals surface area contributed by atoms with Gasteiger partial charge in [-0.15, -0.1) is 0 Å². The molecule has 0 N–H and O–H groups in total. The molecule has 0 unspecified atom stereocenters. The predicted octanol–water partition coefficient (Wildman–Crippen LogP) is 1.30. The summed E-state index contributed by atoms with van der Waals surface area (Å²) in [6.45, 7) is 1.87. The van der Waals surface area contributed by atoms with Crippen LogP contribution in [0.5, 0.6) is 0 Å². The SMILES string of the molecule is Cc1c(C(=O)I)cnn1C. The van der Waals surface area contributed by atoms with Crippen molar-refractivity contribution in [1.82, 2.24) is 9.78 Å². The van der Waals surface area contributed by atoms with E-state index in [0.29, 0.717) is 5.56 Å². The second-order valence-corrected chi connectivity index (χ2v) is 3.02. The molecule has 0 amide bonds. The van der Waals surface area contributed by atoms with Crippen LogP contribution in [0.25, 0.3) is 0 Å². The van der Waals surface area contributed by atoms with Crippen LogP contribution in [-0.4, -0.2) is 13.6 Å². The highest BCUT2D eigenvalue weighted by molar-refractivity contribution is 14.1. The Hall–Kier alpha value is -0.390. The molecule has 10 heavy (non-hydrogen) atoms. The summed E-state index contributed by atoms with van der Waals surface area (Å²) in [6, 6.07) is 0. The Morgan fingerprint density at radius 2 is 2.40 bits per heavy atom. The Bertz CT molecular complexity index is 267. The first-order valence-corrected chi connectivity index (χ1v) is 3.89. The predicted molar refractivity (Wildman–Crippen MR) is 46.3 cm³/mol. The molecular formula is C6H7IN2O. The van der Waals surface area contributed by atoms with E-state index in [4.69, 9.17) is 0 Å². The van der Waals surface area contributed by atoms with Crippen molar-refractivity contribution in [2.75, 3.05) is 0 Å². The Kier molecular flexibility index (Phi) is 2.08. The fourth-order valence-electron chi connectivity index (χ4n) is 0.692. The van der Waals surface area contributed by atoms with E-state index in [1.54, 1.807) is 33.5 Å². The molecule has 1 aromatic heterocycles. The third-order valence-electron chi connectivity index (χ3n) is 1.45. The number of aromatic nitrogens is 2. The van der Waals surface area contributed by atoms with E-state index in [9.17, 15) is 4.79 Å². The highest BCUT2D eigenvalue weighted by atomic mass is 127. The average molecular weight is 250 g/mol. The van der Waals surface area contributed by atoms with Crippen LogP contribution in [-0.2, 0) is 7.05 Å². The molecule has 0 atom stereocenters. The molecule has 0 aliphatic heterocycles. The summed E-state index contributed by atoms with van der Waals surface area (Å²) in [5.41, 5.74) is 1.61. The molecule has 0 aliphatic rings. The van der Waals surface area contributed by atoms with Gasteiger partial charge in [-0.3, -0.25) is 9.48 Å². The van der Waals surface area contributed by atoms with Gasteiger partial charge in [0.1, 0.15) is 0 Å². The van der Waals surface area contributed by atoms with Crippen LogP contribution in [0, 0.1) is 6.92 Å². The lowest BCUT2D eigenvalue weighted by Crippen LogP contribution is -1.95. The van der Waals surface area contributed by atoms with E-state index in [1.165, 1.54) is 0 Å². The van der Waals surface area contributed by atoms with Gasteiger partial charge in [0.2, 0.25) is 3.79 Å². The van der Waals surface area contributed by atoms with Crippen molar-refractivity contribution in [3.63, 3.8) is 0 Å². The van der Waals surface area contributed by atoms with Gasteiger partial charge in [-0.05, 0) is 6.92 Å². The number of hydrogen-bond donors (Lipinski definition) is 0. The van der Waals surface area contributed by atoms with Crippen molar-refractivity contribution in [3.8, 4) is 0 Å². The zero-order valence-corrected chi connectivity index (χ0v) is 7.92. The number of rotatable bonds is 1. The number of hydrogen-bond acceptors (Lipinski definition) is 2. The molecule has 1 heterocycles. The van der Waals surface area contributed by atoms with Crippen LogP contribution in [0.2, 0.25) is 0 Å². The standard InChI is InChI=1S/C6H7IN2O/c1-4-5(6(7)10)3-8-9(4)2/h3H,1-2H3. The van der Waals surface area contributed by atoms with Crippen LogP contribution < -0.4 is 0 Å². The van der Waals surface area contributed by atoms with Gasteiger partial charge in [0.05, 0.1) is 11.8 Å². The largest absolute Gasteiger partial charge is 0.282 e. The first-order valence-electron chi connectivity index (χ1n) is 2.81. The molecule has 0 bridgehead atoms. The molecule has 0 saturated carbocycles. The quantitative estimate of drug-likeness (QED) is 0.556. The third-order valence-corrected chi connectivity index (χ3v) is 2.03. The first kappa shape index (κ1) is 7.71. The van der Waals surface area contributed by atoms with Crippen molar-refractivity contribution < 1.29 is 4.79 Å². The molecule has 0 spiro atoms. The van der Waals surface area contributed by atoms with E-state index in [1.807, 2.05) is 14.0 Å². The van der Waals surface area contributed by atoms with Gasteiger partial charge < -0.3 is 0 Å². The minimum atomic E-state index is 0.0446. The van der Waals surface area contributed by atoms with E-state index in [0.717, 1.165) is 5.69 Å². The Balaban J connectivity index is 3.17. The molecule has 1 rings (SSSR count). The van der Waals surface area contributed by atoms with Gasteiger partial charge in [-0.1, -0.05) is 0 Å². The van der Waals surface area contributed by atoms with Gasteiger partial charge in [0.25, 0.3) is 0 Å². The van der Waals surface area contributed by atoms with Crippen LogP contribution in [0.15, 0.2) is 6.20 Å². The lowest BCUT2D eigenvalue weighted by molar-refractivity contribution is 0.110. The maximum atomic E-state index is 10.8. The lowest BCUT2D eigenvalue weighted by Gasteiger charge is -1.92. The van der Waals surface area contributed by atoms with Gasteiger partial charge in [-0.2, -0.15) is 5.10 Å². The fourth-order valence-corrected chi connectivity index (χ4v) is 1.22. The van der Waals surface area contributed by atoms with E-state index < -0.39 is 0 Å². The highest BCUT2D eigenvalue weighted by Gasteiger charge is 2.07. The molecule has 0 fully saturated rings. The van der Waals surface area contributed by atoms with Crippen molar-refractivity contribution >= 4 is 26.4 Å². The Morgan fingerprint density at radius 1 is 1.80 bits per heavy atom. The second kappa shape index (κ2) is 2.69. The van der Waals surface area contributed by atoms with Gasteiger partial charge in [0.15, 0.2) is 0 Å². The molecular weight excluding hydrogens is 243 g/mol. The molecule has 0 radical (unpaired) electrons. The van der Waals surface area contributed by atoms with E-state index in [-0.39, 0.29) is 3.79 Å². The first-order chi connectivity index (χ1) is 4.63. The zero-order chi connectivity index (χ0) is 7.72. The fraction of sp³-hybridized carbons (Fsp3) is 0.333. The third kappa shape index (κ3) is 1.21. The van der Waals surface area contributed by atoms with E-state index in [2.05, 4.69) is 5.10 Å². The topological polar surface area (TPSA) is 34.9 Å². The molecule has 1 aromatic rings. The number of halogens is 1. The van der Waals surface area contributed by atoms with Crippen LogP contribution in [0.4, 0.5) is 0 Å². The minimum absolute atomic E-state index is 0.0446. The number of carbonyl (C=O) groups excluding carboxylic acids is 1. The van der Waals surface area contributed by atoms with E-state index >= 15 is 0 Å². The Morgan fingerprint density at radius 3 is 2.60 bits per heavy atom. The summed E-state index contributed by atoms with van der Waals surface area (Å²) < 4.78 is 1.73. The molecule has 0 saturated heterocycles. The van der Waals surface area contributed by atoms with Crippen molar-refractivity contribution in [2.24, 2.45) is 7.05 Å². The van der Waals surface area contributed by atoms with Gasteiger partial charge in [0, 0.05) is 35.3 Å². The van der Waals surface area contributed by atoms with Crippen LogP contribution >= 0.6 is 22.6 Å². The molecule has 54 valence electrons.